The van der Waals surface area contributed by atoms with E-state index in [0.29, 0.717) is 58.5 Å². The van der Waals surface area contributed by atoms with Crippen LogP contribution in [-0.4, -0.2) is 77.2 Å². The van der Waals surface area contributed by atoms with Gasteiger partial charge in [0.05, 0.1) is 51.9 Å². The van der Waals surface area contributed by atoms with E-state index in [0.717, 1.165) is 31.8 Å². The number of alkyl halides is 6. The number of fused-ring (bicyclic) bond motifs is 1. The van der Waals surface area contributed by atoms with Gasteiger partial charge in [-0.05, 0) is 61.5 Å². The zero-order chi connectivity index (χ0) is 34.4. The molecule has 0 unspecified atom stereocenters. The van der Waals surface area contributed by atoms with Crippen molar-refractivity contribution in [2.45, 2.75) is 18.8 Å². The summed E-state index contributed by atoms with van der Waals surface area (Å²) in [5.41, 5.74) is 0.870. The van der Waals surface area contributed by atoms with Gasteiger partial charge in [-0.25, -0.2) is 9.48 Å². The molecule has 0 bridgehead atoms. The van der Waals surface area contributed by atoms with E-state index >= 15 is 0 Å². The molecule has 1 aromatic heterocycles. The molecule has 3 N–H and O–H groups in total. The van der Waals surface area contributed by atoms with Crippen LogP contribution in [0.1, 0.15) is 22.3 Å². The Bertz CT molecular complexity index is 1710. The SMILES string of the molecule is O=C(NCCCN1CCOCC1)c1cc(-n2ncc3cc(Nc4c(Cl)cccc4Cl)ccc32)cc(C(F)(F)F)c1.O=C(O)C(F)(F)F. The number of anilines is 2. The number of aliphatic carboxylic acids is 1. The number of carbonyl (C=O) groups is 2. The number of amides is 1. The number of carboxylic acid groups (broad SMARTS) is 1. The number of hydrogen-bond acceptors (Lipinski definition) is 6. The van der Waals surface area contributed by atoms with Crippen LogP contribution in [0.3, 0.4) is 0 Å². The van der Waals surface area contributed by atoms with Gasteiger partial charge in [-0.2, -0.15) is 31.4 Å². The highest BCUT2D eigenvalue weighted by Crippen LogP contribution is 2.35. The van der Waals surface area contributed by atoms with Crippen molar-refractivity contribution >= 4 is 57.4 Å². The third kappa shape index (κ3) is 9.73. The summed E-state index contributed by atoms with van der Waals surface area (Å²) in [4.78, 5) is 24.0. The van der Waals surface area contributed by atoms with Crippen molar-refractivity contribution in [1.29, 1.82) is 0 Å². The highest BCUT2D eigenvalue weighted by molar-refractivity contribution is 6.39. The Hall–Kier alpha value is -4.05. The van der Waals surface area contributed by atoms with E-state index in [1.54, 1.807) is 42.6 Å². The summed E-state index contributed by atoms with van der Waals surface area (Å²) in [6.07, 6.45) is -7.51. The van der Waals surface area contributed by atoms with Gasteiger partial charge in [0.15, 0.2) is 0 Å². The molecule has 0 saturated carbocycles. The van der Waals surface area contributed by atoms with Crippen LogP contribution >= 0.6 is 23.2 Å². The number of rotatable bonds is 8. The van der Waals surface area contributed by atoms with Crippen molar-refractivity contribution in [3.05, 3.63) is 82.0 Å². The van der Waals surface area contributed by atoms with Crippen LogP contribution in [0.15, 0.2) is 60.8 Å². The monoisotopic (exact) mass is 705 g/mol. The molecule has 1 aliphatic heterocycles. The van der Waals surface area contributed by atoms with E-state index in [9.17, 15) is 31.1 Å². The standard InChI is InChI=1S/C28H26Cl2F3N5O2.C2HF3O2/c29-23-3-1-4-24(30)26(23)36-21-5-6-25-19(14-21)17-35-38(25)22-15-18(13-20(16-22)28(31,32)33)27(39)34-7-2-8-37-9-11-40-12-10-37;3-2(4,5)1(6)7/h1,3-6,13-17,36H,2,7-12H2,(H,34,39);(H,6,7). The minimum absolute atomic E-state index is 0.0912. The first-order valence-corrected chi connectivity index (χ1v) is 14.7. The normalized spacial score (nSPS) is 14.0. The summed E-state index contributed by atoms with van der Waals surface area (Å²) in [7, 11) is 0. The molecule has 252 valence electrons. The first-order chi connectivity index (χ1) is 22.1. The fourth-order valence-electron chi connectivity index (χ4n) is 4.54. The van der Waals surface area contributed by atoms with Gasteiger partial charge in [0, 0.05) is 36.3 Å². The zero-order valence-electron chi connectivity index (χ0n) is 24.3. The summed E-state index contributed by atoms with van der Waals surface area (Å²) >= 11 is 12.5. The van der Waals surface area contributed by atoms with Crippen molar-refractivity contribution in [2.24, 2.45) is 0 Å². The average Bonchev–Trinajstić information content (AvgIpc) is 3.44. The van der Waals surface area contributed by atoms with Crippen LogP contribution < -0.4 is 10.6 Å². The molecule has 0 atom stereocenters. The number of nitrogens with zero attached hydrogens (tertiary/aromatic N) is 3. The highest BCUT2D eigenvalue weighted by atomic mass is 35.5. The molecule has 1 aliphatic rings. The summed E-state index contributed by atoms with van der Waals surface area (Å²) in [6.45, 7) is 4.13. The third-order valence-corrected chi connectivity index (χ3v) is 7.46. The van der Waals surface area contributed by atoms with E-state index < -0.39 is 29.8 Å². The second kappa shape index (κ2) is 15.2. The molecule has 1 fully saturated rings. The van der Waals surface area contributed by atoms with Crippen LogP contribution in [0.5, 0.6) is 0 Å². The molecule has 0 radical (unpaired) electrons. The quantitative estimate of drug-likeness (QED) is 0.132. The molecule has 5 rings (SSSR count). The first kappa shape index (κ1) is 35.8. The number of carboxylic acids is 1. The molecule has 4 aromatic rings. The summed E-state index contributed by atoms with van der Waals surface area (Å²) < 4.78 is 79.8. The Kier molecular flexibility index (Phi) is 11.6. The van der Waals surface area contributed by atoms with E-state index in [1.165, 1.54) is 10.7 Å². The van der Waals surface area contributed by atoms with E-state index in [2.05, 4.69) is 20.6 Å². The van der Waals surface area contributed by atoms with Gasteiger partial charge in [-0.15, -0.1) is 0 Å². The van der Waals surface area contributed by atoms with Crippen molar-refractivity contribution in [1.82, 2.24) is 20.0 Å². The molecule has 9 nitrogen and oxygen atoms in total. The lowest BCUT2D eigenvalue weighted by Gasteiger charge is -2.26. The maximum atomic E-state index is 13.8. The third-order valence-electron chi connectivity index (χ3n) is 6.83. The lowest BCUT2D eigenvalue weighted by molar-refractivity contribution is -0.192. The molecule has 2 heterocycles. The summed E-state index contributed by atoms with van der Waals surface area (Å²) in [5.74, 6) is -3.33. The zero-order valence-corrected chi connectivity index (χ0v) is 25.8. The largest absolute Gasteiger partial charge is 0.490 e. The van der Waals surface area contributed by atoms with E-state index in [1.807, 2.05) is 0 Å². The minimum Gasteiger partial charge on any atom is -0.475 e. The Labute approximate surface area is 274 Å². The fraction of sp³-hybridized carbons (Fsp3) is 0.300. The van der Waals surface area contributed by atoms with Gasteiger partial charge in [0.1, 0.15) is 0 Å². The van der Waals surface area contributed by atoms with Crippen molar-refractivity contribution in [3.8, 4) is 5.69 Å². The fourth-order valence-corrected chi connectivity index (χ4v) is 5.03. The first-order valence-electron chi connectivity index (χ1n) is 13.9. The number of hydrogen-bond donors (Lipinski definition) is 3. The number of morpholine rings is 1. The molecule has 17 heteroatoms. The predicted octanol–water partition coefficient (Wildman–Crippen LogP) is 7.18. The lowest BCUT2D eigenvalue weighted by atomic mass is 10.1. The molecular weight excluding hydrogens is 679 g/mol. The number of nitrogens with one attached hydrogen (secondary N) is 2. The number of halogens is 8. The number of aromatic nitrogens is 2. The number of benzene rings is 3. The van der Waals surface area contributed by atoms with Crippen LogP contribution in [0.4, 0.5) is 37.7 Å². The maximum absolute atomic E-state index is 13.8. The summed E-state index contributed by atoms with van der Waals surface area (Å²) in [6, 6.07) is 13.7. The molecule has 47 heavy (non-hydrogen) atoms. The van der Waals surface area contributed by atoms with E-state index in [4.69, 9.17) is 37.8 Å². The predicted molar refractivity (Wildman–Crippen MR) is 164 cm³/mol. The van der Waals surface area contributed by atoms with Crippen molar-refractivity contribution in [3.63, 3.8) is 0 Å². The minimum atomic E-state index is -5.08. The van der Waals surface area contributed by atoms with Gasteiger partial charge >= 0.3 is 18.3 Å². The second-order valence-corrected chi connectivity index (χ2v) is 11.0. The van der Waals surface area contributed by atoms with Gasteiger partial charge in [-0.1, -0.05) is 29.3 Å². The van der Waals surface area contributed by atoms with Gasteiger partial charge in [0.25, 0.3) is 5.91 Å². The van der Waals surface area contributed by atoms with Crippen molar-refractivity contribution < 1.29 is 45.8 Å². The molecule has 0 aliphatic carbocycles. The smallest absolute Gasteiger partial charge is 0.475 e. The molecule has 3 aromatic carbocycles. The van der Waals surface area contributed by atoms with Gasteiger partial charge in [-0.3, -0.25) is 9.69 Å². The Morgan fingerprint density at radius 3 is 2.23 bits per heavy atom. The Morgan fingerprint density at radius 2 is 1.62 bits per heavy atom. The topological polar surface area (TPSA) is 109 Å². The molecule has 1 amide bonds. The Morgan fingerprint density at radius 1 is 0.957 bits per heavy atom. The second-order valence-electron chi connectivity index (χ2n) is 10.2. The van der Waals surface area contributed by atoms with Crippen LogP contribution in [0.25, 0.3) is 16.6 Å². The van der Waals surface area contributed by atoms with Gasteiger partial charge < -0.3 is 20.5 Å². The van der Waals surface area contributed by atoms with E-state index in [-0.39, 0.29) is 11.3 Å². The molecular formula is C30H27Cl2F6N5O4. The van der Waals surface area contributed by atoms with Crippen molar-refractivity contribution in [2.75, 3.05) is 44.7 Å². The van der Waals surface area contributed by atoms with Crippen LogP contribution in [-0.2, 0) is 15.7 Å². The molecule has 0 spiro atoms. The summed E-state index contributed by atoms with van der Waals surface area (Å²) in [5, 5.41) is 18.9. The van der Waals surface area contributed by atoms with Crippen LogP contribution in [0.2, 0.25) is 10.0 Å². The average molecular weight is 706 g/mol. The Balaban J connectivity index is 0.000000644. The van der Waals surface area contributed by atoms with Gasteiger partial charge in [0.2, 0.25) is 0 Å². The molecule has 1 saturated heterocycles. The van der Waals surface area contributed by atoms with Crippen LogP contribution in [0, 0.1) is 0 Å². The number of carbonyl (C=O) groups excluding carboxylic acids is 1. The number of ether oxygens (including phenoxy) is 1. The number of para-hydroxylation sites is 1. The highest BCUT2D eigenvalue weighted by Gasteiger charge is 2.38. The lowest BCUT2D eigenvalue weighted by Crippen LogP contribution is -2.38. The maximum Gasteiger partial charge on any atom is 0.490 e.